The predicted octanol–water partition coefficient (Wildman–Crippen LogP) is 0.718. The zero-order valence-corrected chi connectivity index (χ0v) is 12.4. The van der Waals surface area contributed by atoms with Gasteiger partial charge in [0.05, 0.1) is 12.1 Å². The highest BCUT2D eigenvalue weighted by Crippen LogP contribution is 2.30. The lowest BCUT2D eigenvalue weighted by Gasteiger charge is -2.35. The fraction of sp³-hybridized carbons (Fsp3) is 0.727. The third kappa shape index (κ3) is 3.07. The molecule has 1 aliphatic carbocycles. The van der Waals surface area contributed by atoms with E-state index in [4.69, 9.17) is 0 Å². The number of rotatable bonds is 4. The van der Waals surface area contributed by atoms with Gasteiger partial charge in [0, 0.05) is 5.69 Å². The summed E-state index contributed by atoms with van der Waals surface area (Å²) in [5.41, 5.74) is -0.442. The van der Waals surface area contributed by atoms with E-state index in [0.29, 0.717) is 29.9 Å². The van der Waals surface area contributed by atoms with Crippen molar-refractivity contribution in [2.45, 2.75) is 48.8 Å². The molecule has 6 nitrogen and oxygen atoms in total. The van der Waals surface area contributed by atoms with E-state index in [1.165, 1.54) is 0 Å². The minimum atomic E-state index is -3.76. The summed E-state index contributed by atoms with van der Waals surface area (Å²) in [6.45, 7) is 1.34. The molecule has 1 fully saturated rings. The Morgan fingerprint density at radius 2 is 2.00 bits per heavy atom. The number of aliphatic hydroxyl groups excluding tert-OH is 1. The molecule has 0 bridgehead atoms. The zero-order chi connectivity index (χ0) is 14.1. The van der Waals surface area contributed by atoms with E-state index in [-0.39, 0.29) is 15.7 Å². The number of aromatic nitrogens is 1. The Kier molecular flexibility index (Phi) is 4.14. The summed E-state index contributed by atoms with van der Waals surface area (Å²) in [6.07, 6.45) is 4.10. The van der Waals surface area contributed by atoms with E-state index in [1.807, 2.05) is 0 Å². The summed E-state index contributed by atoms with van der Waals surface area (Å²) in [5.74, 6) is 0. The molecule has 108 valence electrons. The first-order valence-electron chi connectivity index (χ1n) is 6.23. The second-order valence-electron chi connectivity index (χ2n) is 5.03. The molecule has 8 heteroatoms. The SMILES string of the molecule is Cc1[nH]c(=O)sc1S(=O)(=O)NC1(CO)CCCCC1. The molecule has 2 rings (SSSR count). The molecule has 0 radical (unpaired) electrons. The van der Waals surface area contributed by atoms with E-state index in [0.717, 1.165) is 19.3 Å². The second kappa shape index (κ2) is 5.35. The number of aliphatic hydroxyl groups is 1. The number of H-pyrrole nitrogens is 1. The van der Waals surface area contributed by atoms with Gasteiger partial charge < -0.3 is 10.1 Å². The maximum atomic E-state index is 12.3. The predicted molar refractivity (Wildman–Crippen MR) is 72.9 cm³/mol. The topological polar surface area (TPSA) is 99.3 Å². The van der Waals surface area contributed by atoms with E-state index in [2.05, 4.69) is 9.71 Å². The quantitative estimate of drug-likeness (QED) is 0.763. The average Bonchev–Trinajstić information content (AvgIpc) is 2.70. The van der Waals surface area contributed by atoms with E-state index in [9.17, 15) is 18.3 Å². The molecular weight excluding hydrogens is 288 g/mol. The summed E-state index contributed by atoms with van der Waals surface area (Å²) in [7, 11) is -3.76. The third-order valence-corrected chi connectivity index (χ3v) is 6.67. The van der Waals surface area contributed by atoms with Crippen LogP contribution >= 0.6 is 11.3 Å². The second-order valence-corrected chi connectivity index (χ2v) is 7.89. The van der Waals surface area contributed by atoms with Crippen LogP contribution in [0.3, 0.4) is 0 Å². The smallest absolute Gasteiger partial charge is 0.305 e. The summed E-state index contributed by atoms with van der Waals surface area (Å²) >= 11 is 0.676. The molecule has 0 spiro atoms. The molecule has 0 amide bonds. The summed E-state index contributed by atoms with van der Waals surface area (Å²) in [6, 6.07) is 0. The first kappa shape index (κ1) is 14.7. The molecule has 1 aliphatic rings. The molecule has 1 aromatic rings. The van der Waals surface area contributed by atoms with Crippen molar-refractivity contribution in [2.24, 2.45) is 0 Å². The maximum Gasteiger partial charge on any atom is 0.305 e. The fourth-order valence-electron chi connectivity index (χ4n) is 2.50. The molecule has 0 unspecified atom stereocenters. The van der Waals surface area contributed by atoms with Gasteiger partial charge in [0.2, 0.25) is 0 Å². The number of aromatic amines is 1. The van der Waals surface area contributed by atoms with Gasteiger partial charge in [0.25, 0.3) is 10.0 Å². The molecular formula is C11H18N2O4S2. The van der Waals surface area contributed by atoms with Crippen molar-refractivity contribution in [2.75, 3.05) is 6.61 Å². The highest BCUT2D eigenvalue weighted by molar-refractivity contribution is 7.91. The van der Waals surface area contributed by atoms with Crippen LogP contribution in [0.4, 0.5) is 0 Å². The van der Waals surface area contributed by atoms with Gasteiger partial charge in [-0.2, -0.15) is 0 Å². The van der Waals surface area contributed by atoms with Gasteiger partial charge in [0.15, 0.2) is 4.21 Å². The Labute approximate surface area is 115 Å². The molecule has 1 aromatic heterocycles. The Balaban J connectivity index is 2.30. The monoisotopic (exact) mass is 306 g/mol. The van der Waals surface area contributed by atoms with Gasteiger partial charge >= 0.3 is 4.87 Å². The van der Waals surface area contributed by atoms with Gasteiger partial charge in [-0.05, 0) is 19.8 Å². The van der Waals surface area contributed by atoms with Crippen LogP contribution in [0, 0.1) is 6.92 Å². The molecule has 1 heterocycles. The molecule has 0 aliphatic heterocycles. The van der Waals surface area contributed by atoms with Crippen LogP contribution in [-0.4, -0.2) is 30.7 Å². The van der Waals surface area contributed by atoms with E-state index in [1.54, 1.807) is 6.92 Å². The highest BCUT2D eigenvalue weighted by Gasteiger charge is 2.37. The normalized spacial score (nSPS) is 19.5. The molecule has 0 saturated heterocycles. The number of hydrogen-bond donors (Lipinski definition) is 3. The number of thiazole rings is 1. The van der Waals surface area contributed by atoms with Crippen LogP contribution in [0.5, 0.6) is 0 Å². The third-order valence-electron chi connectivity index (χ3n) is 3.49. The lowest BCUT2D eigenvalue weighted by atomic mass is 9.83. The number of nitrogens with one attached hydrogen (secondary N) is 2. The molecule has 3 N–H and O–H groups in total. The van der Waals surface area contributed by atoms with E-state index < -0.39 is 15.6 Å². The summed E-state index contributed by atoms with van der Waals surface area (Å²) in [4.78, 5) is 13.3. The van der Waals surface area contributed by atoms with Crippen LogP contribution in [-0.2, 0) is 10.0 Å². The number of hydrogen-bond acceptors (Lipinski definition) is 5. The first-order valence-corrected chi connectivity index (χ1v) is 8.53. The Morgan fingerprint density at radius 3 is 2.47 bits per heavy atom. The standard InChI is InChI=1S/C11H18N2O4S2/c1-8-9(18-10(15)12-8)19(16,17)13-11(7-14)5-3-2-4-6-11/h13-14H,2-7H2,1H3,(H,12,15). The van der Waals surface area contributed by atoms with Crippen LogP contribution in [0.1, 0.15) is 37.8 Å². The molecule has 19 heavy (non-hydrogen) atoms. The highest BCUT2D eigenvalue weighted by atomic mass is 32.2. The van der Waals surface area contributed by atoms with Gasteiger partial charge in [0.1, 0.15) is 0 Å². The number of sulfonamides is 1. The Bertz CT molecular complexity index is 596. The Morgan fingerprint density at radius 1 is 1.37 bits per heavy atom. The minimum Gasteiger partial charge on any atom is -0.394 e. The minimum absolute atomic E-state index is 0.0101. The molecule has 1 saturated carbocycles. The molecule has 0 atom stereocenters. The van der Waals surface area contributed by atoms with Gasteiger partial charge in [-0.15, -0.1) is 0 Å². The van der Waals surface area contributed by atoms with Crippen molar-refractivity contribution in [3.8, 4) is 0 Å². The van der Waals surface area contributed by atoms with Gasteiger partial charge in [-0.3, -0.25) is 4.79 Å². The van der Waals surface area contributed by atoms with Crippen molar-refractivity contribution in [3.05, 3.63) is 15.4 Å². The number of aryl methyl sites for hydroxylation is 1. The van der Waals surface area contributed by atoms with E-state index >= 15 is 0 Å². The van der Waals surface area contributed by atoms with Crippen LogP contribution in [0.25, 0.3) is 0 Å². The summed E-state index contributed by atoms with van der Waals surface area (Å²) in [5, 5.41) is 9.53. The van der Waals surface area contributed by atoms with Crippen molar-refractivity contribution >= 4 is 21.4 Å². The largest absolute Gasteiger partial charge is 0.394 e. The van der Waals surface area contributed by atoms with Crippen molar-refractivity contribution in [3.63, 3.8) is 0 Å². The average molecular weight is 306 g/mol. The van der Waals surface area contributed by atoms with Crippen molar-refractivity contribution in [1.82, 2.24) is 9.71 Å². The maximum absolute atomic E-state index is 12.3. The lowest BCUT2D eigenvalue weighted by Crippen LogP contribution is -2.52. The summed E-state index contributed by atoms with van der Waals surface area (Å²) < 4.78 is 27.3. The molecule has 0 aromatic carbocycles. The van der Waals surface area contributed by atoms with Crippen molar-refractivity contribution < 1.29 is 13.5 Å². The van der Waals surface area contributed by atoms with Gasteiger partial charge in [-0.1, -0.05) is 30.6 Å². The fourth-order valence-corrected chi connectivity index (χ4v) is 5.25. The van der Waals surface area contributed by atoms with Gasteiger partial charge in [-0.25, -0.2) is 13.1 Å². The Hall–Kier alpha value is -0.700. The lowest BCUT2D eigenvalue weighted by molar-refractivity contribution is 0.142. The van der Waals surface area contributed by atoms with Crippen molar-refractivity contribution in [1.29, 1.82) is 0 Å². The zero-order valence-electron chi connectivity index (χ0n) is 10.7. The van der Waals surface area contributed by atoms with Crippen LogP contribution in [0.2, 0.25) is 0 Å². The van der Waals surface area contributed by atoms with Crippen LogP contribution in [0.15, 0.2) is 9.00 Å². The first-order chi connectivity index (χ1) is 8.88. The van der Waals surface area contributed by atoms with Crippen LogP contribution < -0.4 is 9.60 Å².